The van der Waals surface area contributed by atoms with Gasteiger partial charge in [-0.1, -0.05) is 12.1 Å². The molecule has 0 saturated carbocycles. The number of hydrogen-bond acceptors (Lipinski definition) is 6. The Balaban J connectivity index is 1.47. The second-order valence-electron chi connectivity index (χ2n) is 10.7. The summed E-state index contributed by atoms with van der Waals surface area (Å²) in [5.41, 5.74) is 4.64. The van der Waals surface area contributed by atoms with Crippen LogP contribution in [0, 0.1) is 17.5 Å². The van der Waals surface area contributed by atoms with Gasteiger partial charge in [-0.2, -0.15) is 18.3 Å². The maximum atomic E-state index is 14.2. The number of hydrogen-bond donors (Lipinski definition) is 2. The van der Waals surface area contributed by atoms with E-state index in [1.54, 1.807) is 17.0 Å². The number of nitrogens with two attached hydrogens (primary N) is 1. The number of alkyl halides is 3. The van der Waals surface area contributed by atoms with E-state index >= 15 is 0 Å². The highest BCUT2D eigenvalue weighted by Crippen LogP contribution is 2.32. The summed E-state index contributed by atoms with van der Waals surface area (Å²) in [5.74, 6) is -4.38. The van der Waals surface area contributed by atoms with Gasteiger partial charge in [0.2, 0.25) is 5.91 Å². The summed E-state index contributed by atoms with van der Waals surface area (Å²) in [6.07, 6.45) is -2.41. The van der Waals surface area contributed by atoms with Crippen molar-refractivity contribution < 1.29 is 40.7 Å². The third-order valence-corrected chi connectivity index (χ3v) is 7.32. The molecule has 1 aliphatic rings. The van der Waals surface area contributed by atoms with Crippen LogP contribution in [0.15, 0.2) is 60.9 Å². The fraction of sp³-hybridized carbons (Fsp3) is 0.290. The van der Waals surface area contributed by atoms with Crippen molar-refractivity contribution >= 4 is 11.8 Å². The Bertz CT molecular complexity index is 1720. The topological polar surface area (TPSA) is 115 Å². The van der Waals surface area contributed by atoms with Crippen LogP contribution in [0.25, 0.3) is 11.1 Å². The normalized spacial score (nSPS) is 14.7. The maximum absolute atomic E-state index is 14.2. The van der Waals surface area contributed by atoms with E-state index in [-0.39, 0.29) is 29.8 Å². The molecule has 0 bridgehead atoms. The van der Waals surface area contributed by atoms with Gasteiger partial charge in [0.05, 0.1) is 30.5 Å². The first-order valence-electron chi connectivity index (χ1n) is 14.1. The molecule has 9 nitrogen and oxygen atoms in total. The summed E-state index contributed by atoms with van der Waals surface area (Å²) in [6.45, 7) is 0.970. The standard InChI is InChI=1S/C31H28F6N6O3/c32-21-10-18(11-22(33)14-21)12-26(28-23(2-1-5-39-28)19-3-4-25(34)24(13-19)30(38)45)40-27(44)17-43-16-20(29(41-43)31(35,36)37)15-42-6-8-46-9-7-42/h1-5,10-11,13-14,16,26H,6-9,12,15,17H2,(H2,38,45)(H,40,44). The van der Waals surface area contributed by atoms with E-state index in [2.05, 4.69) is 15.4 Å². The minimum Gasteiger partial charge on any atom is -0.379 e. The Kier molecular flexibility index (Phi) is 9.72. The third kappa shape index (κ3) is 7.90. The Hall–Kier alpha value is -4.76. The summed E-state index contributed by atoms with van der Waals surface area (Å²) >= 11 is 0. The van der Waals surface area contributed by atoms with Crippen LogP contribution in [0.4, 0.5) is 26.3 Å². The molecule has 1 unspecified atom stereocenters. The zero-order chi connectivity index (χ0) is 33.0. The first-order valence-corrected chi connectivity index (χ1v) is 14.1. The Morgan fingerprint density at radius 3 is 2.41 bits per heavy atom. The molecule has 0 aliphatic carbocycles. The van der Waals surface area contributed by atoms with Crippen LogP contribution in [-0.4, -0.2) is 57.8 Å². The average Bonchev–Trinajstić information content (AvgIpc) is 3.39. The molecule has 242 valence electrons. The Morgan fingerprint density at radius 1 is 1.02 bits per heavy atom. The molecule has 0 radical (unpaired) electrons. The number of nitrogens with one attached hydrogen (secondary N) is 1. The summed E-state index contributed by atoms with van der Waals surface area (Å²) in [6, 6.07) is 8.45. The molecule has 1 fully saturated rings. The van der Waals surface area contributed by atoms with Gasteiger partial charge in [-0.15, -0.1) is 0 Å². The van der Waals surface area contributed by atoms with Crippen LogP contribution in [0.1, 0.15) is 38.9 Å². The van der Waals surface area contributed by atoms with Crippen molar-refractivity contribution in [1.82, 2.24) is 25.0 Å². The van der Waals surface area contributed by atoms with Gasteiger partial charge >= 0.3 is 6.18 Å². The van der Waals surface area contributed by atoms with Gasteiger partial charge in [-0.25, -0.2) is 13.2 Å². The van der Waals surface area contributed by atoms with Crippen molar-refractivity contribution in [2.24, 2.45) is 5.73 Å². The van der Waals surface area contributed by atoms with E-state index in [4.69, 9.17) is 10.5 Å². The van der Waals surface area contributed by atoms with E-state index in [1.807, 2.05) is 0 Å². The zero-order valence-corrected chi connectivity index (χ0v) is 24.2. The molecule has 5 rings (SSSR count). The Labute approximate surface area is 259 Å². The van der Waals surface area contributed by atoms with Crippen LogP contribution in [0.2, 0.25) is 0 Å². The highest BCUT2D eigenvalue weighted by molar-refractivity contribution is 5.94. The van der Waals surface area contributed by atoms with Crippen LogP contribution in [0.5, 0.6) is 0 Å². The number of benzene rings is 2. The van der Waals surface area contributed by atoms with Crippen LogP contribution in [0.3, 0.4) is 0 Å². The smallest absolute Gasteiger partial charge is 0.379 e. The van der Waals surface area contributed by atoms with Gasteiger partial charge in [-0.3, -0.25) is 24.2 Å². The van der Waals surface area contributed by atoms with Crippen molar-refractivity contribution in [3.63, 3.8) is 0 Å². The molecular weight excluding hydrogens is 618 g/mol. The Morgan fingerprint density at radius 2 is 1.74 bits per heavy atom. The highest BCUT2D eigenvalue weighted by atomic mass is 19.4. The number of carbonyl (C=O) groups excluding carboxylic acids is 2. The van der Waals surface area contributed by atoms with Gasteiger partial charge in [0.25, 0.3) is 5.91 Å². The SMILES string of the molecule is NC(=O)c1cc(-c2cccnc2C(Cc2cc(F)cc(F)c2)NC(=O)Cn2cc(CN3CCOCC3)c(C(F)(F)F)n2)ccc1F. The second-order valence-corrected chi connectivity index (χ2v) is 10.7. The predicted molar refractivity (Wildman–Crippen MR) is 152 cm³/mol. The van der Waals surface area contributed by atoms with E-state index < -0.39 is 59.3 Å². The molecule has 1 aliphatic heterocycles. The van der Waals surface area contributed by atoms with Crippen molar-refractivity contribution in [1.29, 1.82) is 0 Å². The molecule has 1 atom stereocenters. The number of halogens is 6. The van der Waals surface area contributed by atoms with Crippen molar-refractivity contribution in [3.8, 4) is 11.1 Å². The number of rotatable bonds is 10. The lowest BCUT2D eigenvalue weighted by Crippen LogP contribution is -2.36. The zero-order valence-electron chi connectivity index (χ0n) is 24.2. The maximum Gasteiger partial charge on any atom is 0.435 e. The lowest BCUT2D eigenvalue weighted by Gasteiger charge is -2.26. The molecule has 46 heavy (non-hydrogen) atoms. The molecule has 3 N–H and O–H groups in total. The number of morpholine rings is 1. The lowest BCUT2D eigenvalue weighted by atomic mass is 9.94. The minimum atomic E-state index is -4.77. The quantitative estimate of drug-likeness (QED) is 0.247. The van der Waals surface area contributed by atoms with Gasteiger partial charge in [-0.05, 0) is 47.9 Å². The molecule has 2 amide bonds. The monoisotopic (exact) mass is 646 g/mol. The summed E-state index contributed by atoms with van der Waals surface area (Å²) in [7, 11) is 0. The number of pyridine rings is 1. The van der Waals surface area contributed by atoms with Gasteiger partial charge in [0.1, 0.15) is 24.0 Å². The molecule has 4 aromatic rings. The van der Waals surface area contributed by atoms with Crippen LogP contribution in [-0.2, 0) is 35.2 Å². The number of nitrogens with zero attached hydrogens (tertiary/aromatic N) is 4. The van der Waals surface area contributed by atoms with Crippen LogP contribution >= 0.6 is 0 Å². The number of ether oxygens (including phenoxy) is 1. The van der Waals surface area contributed by atoms with E-state index in [0.29, 0.717) is 43.5 Å². The summed E-state index contributed by atoms with van der Waals surface area (Å²) < 4.78 is 90.2. The number of carbonyl (C=O) groups is 2. The number of primary amides is 1. The second kappa shape index (κ2) is 13.7. The van der Waals surface area contributed by atoms with Gasteiger partial charge < -0.3 is 15.8 Å². The third-order valence-electron chi connectivity index (χ3n) is 7.32. The molecule has 3 heterocycles. The largest absolute Gasteiger partial charge is 0.435 e. The number of amides is 2. The van der Waals surface area contributed by atoms with Crippen molar-refractivity contribution in [2.75, 3.05) is 26.3 Å². The summed E-state index contributed by atoms with van der Waals surface area (Å²) in [4.78, 5) is 31.3. The van der Waals surface area contributed by atoms with Gasteiger partial charge in [0, 0.05) is 49.2 Å². The highest BCUT2D eigenvalue weighted by Gasteiger charge is 2.38. The molecule has 2 aromatic heterocycles. The average molecular weight is 647 g/mol. The van der Waals surface area contributed by atoms with E-state index in [9.17, 15) is 35.9 Å². The van der Waals surface area contributed by atoms with Crippen molar-refractivity contribution in [2.45, 2.75) is 31.7 Å². The van der Waals surface area contributed by atoms with E-state index in [0.717, 1.165) is 29.1 Å². The lowest BCUT2D eigenvalue weighted by molar-refractivity contribution is -0.142. The predicted octanol–water partition coefficient (Wildman–Crippen LogP) is 4.41. The fourth-order valence-corrected chi connectivity index (χ4v) is 5.29. The summed E-state index contributed by atoms with van der Waals surface area (Å²) in [5, 5.41) is 6.35. The van der Waals surface area contributed by atoms with E-state index in [1.165, 1.54) is 18.3 Å². The molecule has 2 aromatic carbocycles. The molecular formula is C31H28F6N6O3. The molecule has 0 spiro atoms. The van der Waals surface area contributed by atoms with Gasteiger partial charge in [0.15, 0.2) is 5.69 Å². The fourth-order valence-electron chi connectivity index (χ4n) is 5.29. The molecule has 1 saturated heterocycles. The van der Waals surface area contributed by atoms with Crippen molar-refractivity contribution in [3.05, 3.63) is 106 Å². The molecule has 15 heteroatoms. The minimum absolute atomic E-state index is 0.0458. The number of aromatic nitrogens is 3. The first-order chi connectivity index (χ1) is 21.9. The van der Waals surface area contributed by atoms with Crippen LogP contribution < -0.4 is 11.1 Å². The first kappa shape index (κ1) is 32.6.